The molecule has 144 heavy (non-hydrogen) atoms. The van der Waals surface area contributed by atoms with E-state index in [2.05, 4.69) is 490 Å². The second kappa shape index (κ2) is 31.5. The number of nitrogens with zero attached hydrogens (tertiary/aromatic N) is 7. The number of rotatable bonds is 9. The van der Waals surface area contributed by atoms with Gasteiger partial charge in [-0.25, -0.2) is 4.98 Å². The van der Waals surface area contributed by atoms with Gasteiger partial charge in [-0.15, -0.1) is 0 Å². The summed E-state index contributed by atoms with van der Waals surface area (Å²) in [5.74, 6) is 0. The zero-order valence-corrected chi connectivity index (χ0v) is 78.5. The van der Waals surface area contributed by atoms with E-state index in [0.717, 1.165) is 144 Å². The van der Waals surface area contributed by atoms with Crippen molar-refractivity contribution in [3.8, 4) is 78.9 Å². The zero-order valence-electron chi connectivity index (χ0n) is 78.5. The first-order chi connectivity index (χ1) is 71.2. The highest BCUT2D eigenvalue weighted by atomic mass is 16.3. The molecule has 10 aromatic heterocycles. The monoisotopic (exact) mass is 1840 g/mol. The Kier molecular flexibility index (Phi) is 17.7. The third kappa shape index (κ3) is 12.3. The summed E-state index contributed by atoms with van der Waals surface area (Å²) in [5.41, 5.74) is 38.2. The maximum atomic E-state index is 6.40. The van der Waals surface area contributed by atoms with Crippen molar-refractivity contribution in [1.82, 2.24) is 32.4 Å². The molecule has 0 amide bonds. The van der Waals surface area contributed by atoms with Crippen molar-refractivity contribution < 1.29 is 13.3 Å². The molecule has 0 N–H and O–H groups in total. The summed E-state index contributed by atoms with van der Waals surface area (Å²) in [5, 5.41) is 21.7. The lowest BCUT2D eigenvalue weighted by molar-refractivity contribution is 0.660. The van der Waals surface area contributed by atoms with E-state index in [-0.39, 0.29) is 5.41 Å². The second-order valence-corrected chi connectivity index (χ2v) is 38.8. The molecule has 10 heteroatoms. The number of fused-ring (bicyclic) bond motifs is 30. The highest BCUT2D eigenvalue weighted by Gasteiger charge is 2.36. The molecule has 0 fully saturated rings. The molecule has 10 nitrogen and oxygen atoms in total. The van der Waals surface area contributed by atoms with E-state index >= 15 is 0 Å². The predicted molar refractivity (Wildman–Crippen MR) is 599 cm³/mol. The van der Waals surface area contributed by atoms with Gasteiger partial charge in [-0.1, -0.05) is 299 Å². The molecular weight excluding hydrogens is 1760 g/mol. The smallest absolute Gasteiger partial charge is 0.137 e. The van der Waals surface area contributed by atoms with Gasteiger partial charge in [0.05, 0.1) is 77.6 Å². The first kappa shape index (κ1) is 81.0. The summed E-state index contributed by atoms with van der Waals surface area (Å²) in [7, 11) is 0. The molecule has 674 valence electrons. The van der Waals surface area contributed by atoms with Crippen LogP contribution >= 0.6 is 0 Å². The van der Waals surface area contributed by atoms with Gasteiger partial charge in [0.25, 0.3) is 0 Å². The van der Waals surface area contributed by atoms with Crippen LogP contribution in [0.2, 0.25) is 0 Å². The molecule has 1 aliphatic carbocycles. The minimum Gasteiger partial charge on any atom is -0.456 e. The standard InChI is InChI=1S/C47H29N3O.C45H30N2O.C42H26N2O/c1-3-12-30(13-4-1)40-18-11-19-41(48-40)31-22-24-33(25-23-31)49-42-20-9-7-16-34(42)36-26-37-38-27-39-35-17-8-10-21-46(35)51-47(39)29-45(38)50(44(37)28-43(36)49)32-14-5-2-6-15-32;1-45(2)37-17-9-6-14-29(37)30-21-20-28(22-38(30)45)47-39-18-10-7-15-31(39)33-23-34-35-24-36-32-16-8-11-19-43(32)48-44(36)26-42(35)46(41(34)25-40(33)47)27-12-4-3-5-13-27;1-3-12-27(13-4-1)28-14-11-17-30(22-28)44-37-20-9-7-18-31(37)33-23-34-35-24-36-32-19-8-10-21-41(32)45-42(36)26-40(35)43(39(34)25-38(33)44)29-15-5-2-6-16-29/h1-29H;3-26H,1-2H3;1-26H. The molecule has 0 aliphatic heterocycles. The highest BCUT2D eigenvalue weighted by molar-refractivity contribution is 6.27. The number of hydrogen-bond donors (Lipinski definition) is 0. The van der Waals surface area contributed by atoms with E-state index in [1.165, 1.54) is 142 Å². The third-order valence-electron chi connectivity index (χ3n) is 30.5. The molecule has 0 saturated heterocycles. The van der Waals surface area contributed by atoms with E-state index in [0.29, 0.717) is 0 Å². The molecule has 0 radical (unpaired) electrons. The summed E-state index contributed by atoms with van der Waals surface area (Å²) in [6.07, 6.45) is 0. The van der Waals surface area contributed by atoms with E-state index in [1.807, 2.05) is 30.3 Å². The minimum atomic E-state index is -0.0746. The van der Waals surface area contributed by atoms with Crippen molar-refractivity contribution in [3.63, 3.8) is 0 Å². The Morgan fingerprint density at radius 1 is 0.160 bits per heavy atom. The van der Waals surface area contributed by atoms with Crippen LogP contribution in [0.3, 0.4) is 0 Å². The lowest BCUT2D eigenvalue weighted by Crippen LogP contribution is -2.15. The number of benzene rings is 21. The van der Waals surface area contributed by atoms with E-state index in [4.69, 9.17) is 18.2 Å². The van der Waals surface area contributed by atoms with Crippen LogP contribution in [-0.2, 0) is 5.41 Å². The summed E-state index contributed by atoms with van der Waals surface area (Å²) in [4.78, 5) is 5.02. The lowest BCUT2D eigenvalue weighted by atomic mass is 9.82. The number of para-hydroxylation sites is 9. The summed E-state index contributed by atoms with van der Waals surface area (Å²) < 4.78 is 33.6. The van der Waals surface area contributed by atoms with Crippen molar-refractivity contribution >= 4 is 197 Å². The van der Waals surface area contributed by atoms with Gasteiger partial charge >= 0.3 is 0 Å². The molecule has 0 unspecified atom stereocenters. The van der Waals surface area contributed by atoms with Gasteiger partial charge in [-0.2, -0.15) is 0 Å². The van der Waals surface area contributed by atoms with Crippen LogP contribution in [0.1, 0.15) is 25.0 Å². The van der Waals surface area contributed by atoms with Gasteiger partial charge in [-0.3, -0.25) is 0 Å². The summed E-state index contributed by atoms with van der Waals surface area (Å²) in [6, 6.07) is 172. The van der Waals surface area contributed by atoms with Gasteiger partial charge in [0.1, 0.15) is 33.5 Å². The van der Waals surface area contributed by atoms with Crippen molar-refractivity contribution in [2.75, 3.05) is 0 Å². The van der Waals surface area contributed by atoms with E-state index in [9.17, 15) is 0 Å². The maximum absolute atomic E-state index is 6.40. The van der Waals surface area contributed by atoms with Gasteiger partial charge in [0.2, 0.25) is 0 Å². The SMILES string of the molecule is CC1(C)c2ccccc2-c2ccc(-n3c4ccccc4c4cc5c6cc7c(cc6n(-c6ccccc6)c5cc43)oc3ccccc37)cc21.c1ccc(-c2cccc(-c3ccc(-n4c5ccccc5c5cc6c7cc8c(cc7n(-c7ccccc7)c6cc54)oc4ccccc48)cc3)n2)cc1.c1ccc(-c2cccc(-n3c4ccccc4c4cc5c6cc7c(cc6n(-c6ccccc6)c5cc43)oc3ccccc37)c2)cc1. The molecule has 0 atom stereocenters. The fourth-order valence-electron chi connectivity index (χ4n) is 23.9. The minimum absolute atomic E-state index is 0.0746. The maximum Gasteiger partial charge on any atom is 0.137 e. The molecule has 21 aromatic carbocycles. The van der Waals surface area contributed by atoms with Gasteiger partial charge in [0, 0.05) is 166 Å². The van der Waals surface area contributed by atoms with Crippen LogP contribution in [0.4, 0.5) is 0 Å². The van der Waals surface area contributed by atoms with Gasteiger partial charge in [0.15, 0.2) is 0 Å². The van der Waals surface area contributed by atoms with E-state index in [1.54, 1.807) is 0 Å². The van der Waals surface area contributed by atoms with Crippen LogP contribution < -0.4 is 0 Å². The van der Waals surface area contributed by atoms with E-state index < -0.39 is 0 Å². The first-order valence-electron chi connectivity index (χ1n) is 49.3. The fraction of sp³-hybridized carbons (Fsp3) is 0.0224. The summed E-state index contributed by atoms with van der Waals surface area (Å²) in [6.45, 7) is 4.71. The molecular formula is C134H85N7O3. The molecule has 10 heterocycles. The number of hydrogen-bond acceptors (Lipinski definition) is 4. The molecule has 0 saturated carbocycles. The number of pyridine rings is 1. The van der Waals surface area contributed by atoms with Gasteiger partial charge in [-0.05, 0) is 209 Å². The third-order valence-corrected chi connectivity index (χ3v) is 30.5. The van der Waals surface area contributed by atoms with Crippen LogP contribution in [0.15, 0.2) is 492 Å². The Labute approximate surface area is 825 Å². The summed E-state index contributed by atoms with van der Waals surface area (Å²) >= 11 is 0. The van der Waals surface area contributed by atoms with Crippen LogP contribution in [0.5, 0.6) is 0 Å². The van der Waals surface area contributed by atoms with Crippen molar-refractivity contribution in [2.45, 2.75) is 19.3 Å². The first-order valence-corrected chi connectivity index (χ1v) is 49.3. The van der Waals surface area contributed by atoms with Gasteiger partial charge < -0.3 is 40.7 Å². The Balaban J connectivity index is 0.000000101. The highest BCUT2D eigenvalue weighted by Crippen LogP contribution is 2.53. The Morgan fingerprint density at radius 3 is 0.861 bits per heavy atom. The molecule has 0 bridgehead atoms. The lowest BCUT2D eigenvalue weighted by Gasteiger charge is -2.22. The number of furan rings is 3. The quantitative estimate of drug-likeness (QED) is 0.144. The topological polar surface area (TPSA) is 81.9 Å². The second-order valence-electron chi connectivity index (χ2n) is 38.8. The Hall–Kier alpha value is -19.0. The van der Waals surface area contributed by atoms with Crippen molar-refractivity contribution in [1.29, 1.82) is 0 Å². The van der Waals surface area contributed by atoms with Crippen molar-refractivity contribution in [3.05, 3.63) is 490 Å². The predicted octanol–water partition coefficient (Wildman–Crippen LogP) is 36.0. The molecule has 1 aliphatic rings. The van der Waals surface area contributed by atoms with Crippen molar-refractivity contribution in [2.24, 2.45) is 0 Å². The Morgan fingerprint density at radius 2 is 0.438 bits per heavy atom. The molecule has 32 rings (SSSR count). The normalized spacial score (nSPS) is 12.6. The number of aromatic nitrogens is 7. The van der Waals surface area contributed by atoms with Crippen LogP contribution in [0.25, 0.3) is 276 Å². The van der Waals surface area contributed by atoms with Crippen LogP contribution in [0, 0.1) is 0 Å². The average molecular weight is 1840 g/mol. The molecule has 0 spiro atoms. The largest absolute Gasteiger partial charge is 0.456 e. The Bertz CT molecular complexity index is 10800. The molecule has 31 aromatic rings. The zero-order chi connectivity index (χ0) is 94.7. The van der Waals surface area contributed by atoms with Crippen LogP contribution in [-0.4, -0.2) is 32.4 Å². The fourth-order valence-corrected chi connectivity index (χ4v) is 23.9. The average Bonchev–Trinajstić information content (AvgIpc) is 1.55.